The number of carbonyl (C=O) groups is 3. The largest absolute Gasteiger partial charge is 0.483 e. The van der Waals surface area contributed by atoms with Crippen LogP contribution in [0.1, 0.15) is 32.6 Å². The molecule has 2 heterocycles. The fraction of sp³-hybridized carbons (Fsp3) is 0.375. The fourth-order valence-electron chi connectivity index (χ4n) is 2.47. The first kappa shape index (κ1) is 20.0. The summed E-state index contributed by atoms with van der Waals surface area (Å²) >= 11 is 0. The van der Waals surface area contributed by atoms with E-state index >= 15 is 0 Å². The van der Waals surface area contributed by atoms with Crippen molar-refractivity contribution in [3.05, 3.63) is 41.2 Å². The van der Waals surface area contributed by atoms with E-state index in [0.717, 1.165) is 0 Å². The van der Waals surface area contributed by atoms with Crippen LogP contribution in [-0.4, -0.2) is 75.4 Å². The molecule has 1 aliphatic rings. The second-order valence-electron chi connectivity index (χ2n) is 5.42. The summed E-state index contributed by atoms with van der Waals surface area (Å²) in [6.45, 7) is 0.979. The van der Waals surface area contributed by atoms with Crippen molar-refractivity contribution in [2.24, 2.45) is 7.05 Å². The molecule has 0 radical (unpaired) electrons. The molecular formula is C16H19N5O6. The molecule has 1 atom stereocenters. The number of methoxy groups -OCH3 is 1. The lowest BCUT2D eigenvalue weighted by Crippen LogP contribution is -2.42. The van der Waals surface area contributed by atoms with Gasteiger partial charge in [0.2, 0.25) is 5.82 Å². The molecule has 1 N–H and O–H groups in total. The number of morpholine rings is 1. The number of rotatable bonds is 3. The van der Waals surface area contributed by atoms with Gasteiger partial charge in [0.1, 0.15) is 6.10 Å². The van der Waals surface area contributed by atoms with Crippen LogP contribution in [0.25, 0.3) is 0 Å². The summed E-state index contributed by atoms with van der Waals surface area (Å²) in [7, 11) is 2.99. The predicted molar refractivity (Wildman–Crippen MR) is 89.9 cm³/mol. The molecule has 1 amide bonds. The number of hydrogen-bond acceptors (Lipinski definition) is 8. The molecule has 1 aromatic carbocycles. The summed E-state index contributed by atoms with van der Waals surface area (Å²) < 4.78 is 10.3. The zero-order valence-corrected chi connectivity index (χ0v) is 14.8. The van der Waals surface area contributed by atoms with E-state index in [0.29, 0.717) is 36.6 Å². The van der Waals surface area contributed by atoms with Crippen LogP contribution in [0, 0.1) is 0 Å². The molecule has 0 bridgehead atoms. The van der Waals surface area contributed by atoms with E-state index in [2.05, 4.69) is 20.1 Å². The Bertz CT molecular complexity index is 791. The predicted octanol–water partition coefficient (Wildman–Crippen LogP) is -0.0888. The SMILES string of the molecule is COC(=O)c1ccc(C(=O)N2CCOC(c3nnn(C)n3)C2)cc1.O=CO. The van der Waals surface area contributed by atoms with Crippen LogP contribution in [0.5, 0.6) is 0 Å². The Morgan fingerprint density at radius 1 is 1.30 bits per heavy atom. The maximum Gasteiger partial charge on any atom is 0.337 e. The molecule has 144 valence electrons. The number of aryl methyl sites for hydroxylation is 1. The molecule has 11 nitrogen and oxygen atoms in total. The minimum atomic E-state index is -0.436. The molecule has 3 rings (SSSR count). The normalized spacial score (nSPS) is 16.1. The molecule has 1 fully saturated rings. The van der Waals surface area contributed by atoms with E-state index in [4.69, 9.17) is 14.6 Å². The number of ether oxygens (including phenoxy) is 2. The lowest BCUT2D eigenvalue weighted by atomic mass is 10.1. The Labute approximate surface area is 154 Å². The molecule has 0 saturated carbocycles. The number of esters is 1. The number of aromatic nitrogens is 4. The third-order valence-corrected chi connectivity index (χ3v) is 3.72. The summed E-state index contributed by atoms with van der Waals surface area (Å²) in [4.78, 5) is 35.5. The van der Waals surface area contributed by atoms with E-state index in [1.807, 2.05) is 0 Å². The van der Waals surface area contributed by atoms with Crippen molar-refractivity contribution < 1.29 is 29.0 Å². The quantitative estimate of drug-likeness (QED) is 0.574. The second-order valence-corrected chi connectivity index (χ2v) is 5.42. The van der Waals surface area contributed by atoms with Crippen molar-refractivity contribution in [1.82, 2.24) is 25.1 Å². The summed E-state index contributed by atoms with van der Waals surface area (Å²) in [6.07, 6.45) is -0.397. The number of tetrazole rings is 1. The van der Waals surface area contributed by atoms with Crippen LogP contribution >= 0.6 is 0 Å². The van der Waals surface area contributed by atoms with Gasteiger partial charge in [-0.25, -0.2) is 4.79 Å². The first-order valence-electron chi connectivity index (χ1n) is 7.91. The zero-order chi connectivity index (χ0) is 19.8. The van der Waals surface area contributed by atoms with Gasteiger partial charge < -0.3 is 19.5 Å². The van der Waals surface area contributed by atoms with Gasteiger partial charge >= 0.3 is 5.97 Å². The van der Waals surface area contributed by atoms with E-state index in [9.17, 15) is 9.59 Å². The fourth-order valence-corrected chi connectivity index (χ4v) is 2.47. The van der Waals surface area contributed by atoms with Crippen molar-refractivity contribution in [2.45, 2.75) is 6.10 Å². The number of hydrogen-bond donors (Lipinski definition) is 1. The second kappa shape index (κ2) is 9.38. The van der Waals surface area contributed by atoms with E-state index in [1.165, 1.54) is 11.9 Å². The molecule has 1 aromatic heterocycles. The van der Waals surface area contributed by atoms with Crippen LogP contribution in [0.3, 0.4) is 0 Å². The van der Waals surface area contributed by atoms with Gasteiger partial charge in [0.25, 0.3) is 12.4 Å². The van der Waals surface area contributed by atoms with Gasteiger partial charge in [-0.05, 0) is 29.5 Å². The van der Waals surface area contributed by atoms with E-state index < -0.39 is 12.1 Å². The molecule has 2 aromatic rings. The van der Waals surface area contributed by atoms with Crippen molar-refractivity contribution in [1.29, 1.82) is 0 Å². The van der Waals surface area contributed by atoms with Gasteiger partial charge in [-0.15, -0.1) is 10.2 Å². The van der Waals surface area contributed by atoms with Crippen LogP contribution in [0.4, 0.5) is 0 Å². The van der Waals surface area contributed by atoms with Crippen LogP contribution < -0.4 is 0 Å². The van der Waals surface area contributed by atoms with Crippen molar-refractivity contribution in [3.8, 4) is 0 Å². The summed E-state index contributed by atoms with van der Waals surface area (Å²) in [6, 6.07) is 6.36. The van der Waals surface area contributed by atoms with Gasteiger partial charge in [-0.3, -0.25) is 9.59 Å². The van der Waals surface area contributed by atoms with Crippen LogP contribution in [0.15, 0.2) is 24.3 Å². The molecule has 0 aliphatic carbocycles. The Kier molecular flexibility index (Phi) is 6.94. The summed E-state index contributed by atoms with van der Waals surface area (Å²) in [5.41, 5.74) is 0.896. The van der Waals surface area contributed by atoms with Gasteiger partial charge in [-0.2, -0.15) is 4.80 Å². The summed E-state index contributed by atoms with van der Waals surface area (Å²) in [5.74, 6) is -0.117. The Balaban J connectivity index is 0.000000817. The highest BCUT2D eigenvalue weighted by atomic mass is 16.5. The number of benzene rings is 1. The van der Waals surface area contributed by atoms with E-state index in [-0.39, 0.29) is 12.4 Å². The molecule has 1 aliphatic heterocycles. The lowest BCUT2D eigenvalue weighted by molar-refractivity contribution is -0.122. The molecule has 1 unspecified atom stereocenters. The number of nitrogens with zero attached hydrogens (tertiary/aromatic N) is 5. The maximum absolute atomic E-state index is 12.6. The first-order chi connectivity index (χ1) is 13.0. The lowest BCUT2D eigenvalue weighted by Gasteiger charge is -2.31. The highest BCUT2D eigenvalue weighted by Gasteiger charge is 2.29. The Morgan fingerprint density at radius 3 is 2.48 bits per heavy atom. The van der Waals surface area contributed by atoms with Crippen molar-refractivity contribution >= 4 is 18.3 Å². The molecule has 0 spiro atoms. The third-order valence-electron chi connectivity index (χ3n) is 3.72. The number of carbonyl (C=O) groups excluding carboxylic acids is 2. The first-order valence-corrected chi connectivity index (χ1v) is 7.91. The average molecular weight is 377 g/mol. The Hall–Kier alpha value is -3.34. The monoisotopic (exact) mass is 377 g/mol. The average Bonchev–Trinajstić information content (AvgIpc) is 3.14. The van der Waals surface area contributed by atoms with Crippen LogP contribution in [-0.2, 0) is 21.3 Å². The highest BCUT2D eigenvalue weighted by Crippen LogP contribution is 2.20. The third kappa shape index (κ3) is 5.07. The molecule has 1 saturated heterocycles. The summed E-state index contributed by atoms with van der Waals surface area (Å²) in [5, 5.41) is 18.7. The minimum Gasteiger partial charge on any atom is -0.483 e. The number of carboxylic acid groups (broad SMARTS) is 1. The highest BCUT2D eigenvalue weighted by molar-refractivity contribution is 5.96. The van der Waals surface area contributed by atoms with Gasteiger partial charge in [0.15, 0.2) is 0 Å². The molecule has 11 heteroatoms. The standard InChI is InChI=1S/C15H17N5O4.CH2O2/c1-19-17-13(16-18-19)12-9-20(7-8-24-12)14(21)10-3-5-11(6-4-10)15(22)23-2;2-1-3/h3-6,12H,7-9H2,1-2H3;1H,(H,2,3). The minimum absolute atomic E-state index is 0.136. The Morgan fingerprint density at radius 2 is 1.93 bits per heavy atom. The van der Waals surface area contributed by atoms with Crippen LogP contribution in [0.2, 0.25) is 0 Å². The van der Waals surface area contributed by atoms with Gasteiger partial charge in [0, 0.05) is 12.1 Å². The molecule has 27 heavy (non-hydrogen) atoms. The van der Waals surface area contributed by atoms with Gasteiger partial charge in [0.05, 0.1) is 32.9 Å². The van der Waals surface area contributed by atoms with Crippen molar-refractivity contribution in [3.63, 3.8) is 0 Å². The van der Waals surface area contributed by atoms with Crippen molar-refractivity contribution in [2.75, 3.05) is 26.8 Å². The number of amides is 1. The van der Waals surface area contributed by atoms with E-state index in [1.54, 1.807) is 36.2 Å². The zero-order valence-electron chi connectivity index (χ0n) is 14.8. The smallest absolute Gasteiger partial charge is 0.337 e. The molecular weight excluding hydrogens is 358 g/mol. The maximum atomic E-state index is 12.6. The van der Waals surface area contributed by atoms with Gasteiger partial charge in [-0.1, -0.05) is 0 Å². The topological polar surface area (TPSA) is 137 Å².